The monoisotopic (exact) mass is 282 g/mol. The Hall–Kier alpha value is -1.83. The summed E-state index contributed by atoms with van der Waals surface area (Å²) < 4.78 is 0. The Morgan fingerprint density at radius 2 is 1.86 bits per heavy atom. The van der Waals surface area contributed by atoms with E-state index in [1.807, 2.05) is 14.1 Å². The van der Waals surface area contributed by atoms with E-state index in [1.54, 1.807) is 0 Å². The molecule has 0 saturated carbocycles. The van der Waals surface area contributed by atoms with E-state index in [-0.39, 0.29) is 5.41 Å². The second kappa shape index (κ2) is 5.51. The van der Waals surface area contributed by atoms with Gasteiger partial charge in [-0.2, -0.15) is 0 Å². The molecule has 0 aliphatic heterocycles. The second-order valence-electron chi connectivity index (χ2n) is 7.07. The van der Waals surface area contributed by atoms with Gasteiger partial charge in [-0.3, -0.25) is 0 Å². The molecule has 2 heteroatoms. The molecule has 112 valence electrons. The average Bonchev–Trinajstić information content (AvgIpc) is 2.82. The van der Waals surface area contributed by atoms with Crippen molar-refractivity contribution in [3.8, 4) is 0 Å². The molecule has 2 nitrogen and oxygen atoms in total. The van der Waals surface area contributed by atoms with Crippen molar-refractivity contribution in [2.45, 2.75) is 34.1 Å². The van der Waals surface area contributed by atoms with Crippen molar-refractivity contribution in [3.05, 3.63) is 47.1 Å². The molecule has 0 spiro atoms. The summed E-state index contributed by atoms with van der Waals surface area (Å²) in [7, 11) is 4.08. The number of rotatable bonds is 3. The Labute approximate surface area is 128 Å². The largest absolute Gasteiger partial charge is 0.378 e. The van der Waals surface area contributed by atoms with Gasteiger partial charge in [0.15, 0.2) is 0 Å². The first-order valence-electron chi connectivity index (χ1n) is 7.48. The van der Waals surface area contributed by atoms with E-state index >= 15 is 0 Å². The predicted octanol–water partition coefficient (Wildman–Crippen LogP) is 4.90. The maximum atomic E-state index is 8.61. The van der Waals surface area contributed by atoms with Gasteiger partial charge in [0, 0.05) is 36.5 Å². The predicted molar refractivity (Wildman–Crippen MR) is 93.4 cm³/mol. The summed E-state index contributed by atoms with van der Waals surface area (Å²) in [6.07, 6.45) is 5.46. The number of hydrogen-bond acceptors (Lipinski definition) is 2. The fourth-order valence-electron chi connectivity index (χ4n) is 2.55. The first kappa shape index (κ1) is 15.6. The molecule has 0 atom stereocenters. The molecule has 1 aromatic rings. The van der Waals surface area contributed by atoms with Crippen molar-refractivity contribution in [2.75, 3.05) is 19.0 Å². The van der Waals surface area contributed by atoms with E-state index in [1.165, 1.54) is 16.7 Å². The topological polar surface area (TPSA) is 27.1 Å². The summed E-state index contributed by atoms with van der Waals surface area (Å²) in [6.45, 7) is 8.45. The third-order valence-electron chi connectivity index (χ3n) is 3.93. The molecule has 1 N–H and O–H groups in total. The van der Waals surface area contributed by atoms with Crippen LogP contribution < -0.4 is 4.90 Å². The van der Waals surface area contributed by atoms with Gasteiger partial charge >= 0.3 is 0 Å². The van der Waals surface area contributed by atoms with Crippen LogP contribution in [0.4, 0.5) is 5.69 Å². The molecule has 0 fully saturated rings. The van der Waals surface area contributed by atoms with Gasteiger partial charge in [-0.15, -0.1) is 0 Å². The number of nitrogens with one attached hydrogen (secondary N) is 1. The number of hydrogen-bond donors (Lipinski definition) is 1. The number of anilines is 1. The highest BCUT2D eigenvalue weighted by Crippen LogP contribution is 2.34. The van der Waals surface area contributed by atoms with Crippen LogP contribution in [0.5, 0.6) is 0 Å². The first-order chi connectivity index (χ1) is 9.70. The highest BCUT2D eigenvalue weighted by molar-refractivity contribution is 6.06. The van der Waals surface area contributed by atoms with Crippen LogP contribution in [0.15, 0.2) is 35.9 Å². The van der Waals surface area contributed by atoms with Crippen LogP contribution >= 0.6 is 0 Å². The molecule has 1 aliphatic carbocycles. The SMILES string of the molecule is CC1=CCC(c2ccc(N(C)C)cc2C(=N)C(C)(C)C)=C1. The van der Waals surface area contributed by atoms with Crippen LogP contribution in [0.25, 0.3) is 5.57 Å². The van der Waals surface area contributed by atoms with Crippen molar-refractivity contribution >= 4 is 17.0 Å². The fourth-order valence-corrected chi connectivity index (χ4v) is 2.55. The van der Waals surface area contributed by atoms with E-state index in [0.29, 0.717) is 5.71 Å². The zero-order valence-electron chi connectivity index (χ0n) is 14.0. The number of nitrogens with zero attached hydrogens (tertiary/aromatic N) is 1. The lowest BCUT2D eigenvalue weighted by molar-refractivity contribution is 0.588. The fraction of sp³-hybridized carbons (Fsp3) is 0.421. The highest BCUT2D eigenvalue weighted by Gasteiger charge is 2.23. The van der Waals surface area contributed by atoms with Crippen LogP contribution in [0, 0.1) is 10.8 Å². The van der Waals surface area contributed by atoms with Gasteiger partial charge in [-0.25, -0.2) is 0 Å². The molecule has 1 aromatic carbocycles. The van der Waals surface area contributed by atoms with Gasteiger partial charge in [0.2, 0.25) is 0 Å². The van der Waals surface area contributed by atoms with Crippen LogP contribution in [-0.2, 0) is 0 Å². The third-order valence-corrected chi connectivity index (χ3v) is 3.93. The Kier molecular flexibility index (Phi) is 4.08. The molecular formula is C19H26N2. The van der Waals surface area contributed by atoms with Gasteiger partial charge < -0.3 is 10.3 Å². The maximum Gasteiger partial charge on any atom is 0.0446 e. The van der Waals surface area contributed by atoms with Gasteiger partial charge in [0.05, 0.1) is 0 Å². The minimum absolute atomic E-state index is 0.151. The Morgan fingerprint density at radius 1 is 1.19 bits per heavy atom. The molecule has 0 unspecified atom stereocenters. The quantitative estimate of drug-likeness (QED) is 0.784. The minimum atomic E-state index is -0.151. The van der Waals surface area contributed by atoms with E-state index in [2.05, 4.69) is 62.9 Å². The first-order valence-corrected chi connectivity index (χ1v) is 7.48. The van der Waals surface area contributed by atoms with Gasteiger partial charge in [-0.1, -0.05) is 44.6 Å². The maximum absolute atomic E-state index is 8.61. The molecule has 0 bridgehead atoms. The molecule has 0 saturated heterocycles. The van der Waals surface area contributed by atoms with Crippen LogP contribution in [0.1, 0.15) is 45.2 Å². The van der Waals surface area contributed by atoms with Gasteiger partial charge in [0.1, 0.15) is 0 Å². The summed E-state index contributed by atoms with van der Waals surface area (Å²) in [5.74, 6) is 0. The summed E-state index contributed by atoms with van der Waals surface area (Å²) in [5.41, 5.74) is 6.59. The van der Waals surface area contributed by atoms with Crippen LogP contribution in [0.3, 0.4) is 0 Å². The van der Waals surface area contributed by atoms with Crippen LogP contribution in [0.2, 0.25) is 0 Å². The summed E-state index contributed by atoms with van der Waals surface area (Å²) in [5, 5.41) is 8.61. The lowest BCUT2D eigenvalue weighted by Crippen LogP contribution is -2.22. The van der Waals surface area contributed by atoms with E-state index < -0.39 is 0 Å². The van der Waals surface area contributed by atoms with Gasteiger partial charge in [0.25, 0.3) is 0 Å². The van der Waals surface area contributed by atoms with Crippen molar-refractivity contribution in [1.82, 2.24) is 0 Å². The second-order valence-corrected chi connectivity index (χ2v) is 7.07. The third kappa shape index (κ3) is 3.26. The number of allylic oxidation sites excluding steroid dienone is 4. The van der Waals surface area contributed by atoms with E-state index in [9.17, 15) is 0 Å². The standard InChI is InChI=1S/C19H26N2/c1-13-7-8-14(11-13)16-10-9-15(21(5)6)12-17(16)18(20)19(2,3)4/h7,9-12,20H,8H2,1-6H3. The Balaban J connectivity index is 2.55. The lowest BCUT2D eigenvalue weighted by Gasteiger charge is -2.24. The van der Waals surface area contributed by atoms with Crippen LogP contribution in [-0.4, -0.2) is 19.8 Å². The number of benzene rings is 1. The molecule has 0 radical (unpaired) electrons. The zero-order valence-corrected chi connectivity index (χ0v) is 14.0. The highest BCUT2D eigenvalue weighted by atomic mass is 15.1. The van der Waals surface area contributed by atoms with Gasteiger partial charge in [-0.05, 0) is 36.6 Å². The molecule has 0 aromatic heterocycles. The summed E-state index contributed by atoms with van der Waals surface area (Å²) >= 11 is 0. The van der Waals surface area contributed by atoms with Crippen molar-refractivity contribution in [3.63, 3.8) is 0 Å². The molecule has 0 heterocycles. The summed E-state index contributed by atoms with van der Waals surface area (Å²) in [6, 6.07) is 6.46. The molecular weight excluding hydrogens is 256 g/mol. The smallest absolute Gasteiger partial charge is 0.0446 e. The normalized spacial score (nSPS) is 14.8. The molecule has 21 heavy (non-hydrogen) atoms. The average molecular weight is 282 g/mol. The van der Waals surface area contributed by atoms with Crippen molar-refractivity contribution in [2.24, 2.45) is 5.41 Å². The Morgan fingerprint density at radius 3 is 2.33 bits per heavy atom. The van der Waals surface area contributed by atoms with E-state index in [4.69, 9.17) is 5.41 Å². The summed E-state index contributed by atoms with van der Waals surface area (Å²) in [4.78, 5) is 2.09. The lowest BCUT2D eigenvalue weighted by atomic mass is 9.82. The van der Waals surface area contributed by atoms with E-state index in [0.717, 1.165) is 17.7 Å². The molecule has 0 amide bonds. The van der Waals surface area contributed by atoms with Crippen molar-refractivity contribution in [1.29, 1.82) is 5.41 Å². The molecule has 1 aliphatic rings. The minimum Gasteiger partial charge on any atom is -0.378 e. The zero-order chi connectivity index (χ0) is 15.8. The van der Waals surface area contributed by atoms with Crippen molar-refractivity contribution < 1.29 is 0 Å². The molecule has 2 rings (SSSR count). The Bertz CT molecular complexity index is 625.